The highest BCUT2D eigenvalue weighted by atomic mass is 15.2. The van der Waals surface area contributed by atoms with E-state index in [1.165, 1.54) is 49.0 Å². The summed E-state index contributed by atoms with van der Waals surface area (Å²) in [6, 6.07) is 2.71. The number of aromatic amines is 1. The zero-order valence-electron chi connectivity index (χ0n) is 10.5. The van der Waals surface area contributed by atoms with Gasteiger partial charge in [0.25, 0.3) is 0 Å². The number of hydrogen-bond donors (Lipinski definition) is 1. The first kappa shape index (κ1) is 10.4. The van der Waals surface area contributed by atoms with E-state index in [-0.39, 0.29) is 0 Å². The number of aromatic nitrogens is 3. The second-order valence-electron chi connectivity index (χ2n) is 5.47. The molecule has 1 N–H and O–H groups in total. The summed E-state index contributed by atoms with van der Waals surface area (Å²) in [5, 5.41) is 8.86. The molecule has 0 atom stereocenters. The summed E-state index contributed by atoms with van der Waals surface area (Å²) in [6.45, 7) is 1.14. The molecule has 0 aromatic carbocycles. The second kappa shape index (κ2) is 3.97. The number of hydrogen-bond acceptors (Lipinski definition) is 3. The minimum atomic E-state index is 0.698. The van der Waals surface area contributed by atoms with Crippen LogP contribution in [0.25, 0.3) is 10.9 Å². The van der Waals surface area contributed by atoms with Crippen molar-refractivity contribution in [2.24, 2.45) is 0 Å². The zero-order chi connectivity index (χ0) is 11.9. The first-order valence-electron chi connectivity index (χ1n) is 7.02. The minimum absolute atomic E-state index is 0.698. The average Bonchev–Trinajstić information content (AvgIpc) is 3.00. The third-order valence-electron chi connectivity index (χ3n) is 4.39. The van der Waals surface area contributed by atoms with Gasteiger partial charge in [-0.25, -0.2) is 4.98 Å². The molecule has 4 rings (SSSR count). The monoisotopic (exact) mass is 242 g/mol. The molecule has 1 fully saturated rings. The Morgan fingerprint density at radius 1 is 1.22 bits per heavy atom. The molecule has 2 aromatic rings. The number of anilines is 1. The van der Waals surface area contributed by atoms with Crippen molar-refractivity contribution in [1.82, 2.24) is 15.2 Å². The number of H-pyrrole nitrogens is 1. The Morgan fingerprint density at radius 3 is 3.00 bits per heavy atom. The van der Waals surface area contributed by atoms with Crippen molar-refractivity contribution in [1.29, 1.82) is 0 Å². The minimum Gasteiger partial charge on any atom is -0.353 e. The van der Waals surface area contributed by atoms with Crippen molar-refractivity contribution in [2.75, 3.05) is 11.4 Å². The van der Waals surface area contributed by atoms with E-state index in [0.29, 0.717) is 6.04 Å². The van der Waals surface area contributed by atoms with Crippen LogP contribution in [-0.2, 0) is 6.42 Å². The van der Waals surface area contributed by atoms with E-state index >= 15 is 0 Å². The van der Waals surface area contributed by atoms with Crippen molar-refractivity contribution in [3.63, 3.8) is 0 Å². The Hall–Kier alpha value is -1.58. The van der Waals surface area contributed by atoms with Gasteiger partial charge in [-0.05, 0) is 31.7 Å². The van der Waals surface area contributed by atoms with Gasteiger partial charge < -0.3 is 4.90 Å². The lowest BCUT2D eigenvalue weighted by molar-refractivity contribution is 0.589. The maximum Gasteiger partial charge on any atom is 0.140 e. The van der Waals surface area contributed by atoms with Gasteiger partial charge in [0, 0.05) is 24.5 Å². The summed E-state index contributed by atoms with van der Waals surface area (Å²) in [7, 11) is 0. The molecule has 0 radical (unpaired) electrons. The van der Waals surface area contributed by atoms with E-state index in [0.717, 1.165) is 18.5 Å². The van der Waals surface area contributed by atoms with Crippen LogP contribution in [0.3, 0.4) is 0 Å². The summed E-state index contributed by atoms with van der Waals surface area (Å²) < 4.78 is 0. The molecule has 94 valence electrons. The van der Waals surface area contributed by atoms with Gasteiger partial charge in [0.1, 0.15) is 5.82 Å². The van der Waals surface area contributed by atoms with Crippen LogP contribution >= 0.6 is 0 Å². The van der Waals surface area contributed by atoms with Crippen LogP contribution in [0.2, 0.25) is 0 Å². The average molecular weight is 242 g/mol. The molecule has 0 spiro atoms. The number of rotatable bonds is 1. The van der Waals surface area contributed by atoms with Crippen LogP contribution in [0.5, 0.6) is 0 Å². The first-order chi connectivity index (χ1) is 8.93. The highest BCUT2D eigenvalue weighted by Crippen LogP contribution is 2.34. The predicted molar refractivity (Wildman–Crippen MR) is 71.8 cm³/mol. The van der Waals surface area contributed by atoms with Crippen LogP contribution < -0.4 is 4.90 Å². The zero-order valence-corrected chi connectivity index (χ0v) is 10.5. The fourth-order valence-electron chi connectivity index (χ4n) is 3.51. The van der Waals surface area contributed by atoms with E-state index < -0.39 is 0 Å². The van der Waals surface area contributed by atoms with Gasteiger partial charge in [-0.15, -0.1) is 0 Å². The smallest absolute Gasteiger partial charge is 0.140 e. The maximum atomic E-state index is 4.66. The summed E-state index contributed by atoms with van der Waals surface area (Å²) in [4.78, 5) is 7.20. The molecule has 0 saturated heterocycles. The Morgan fingerprint density at radius 2 is 2.11 bits per heavy atom. The number of aryl methyl sites for hydroxylation is 1. The van der Waals surface area contributed by atoms with Crippen LogP contribution in [0, 0.1) is 0 Å². The van der Waals surface area contributed by atoms with Crippen molar-refractivity contribution in [2.45, 2.75) is 44.6 Å². The molecule has 0 unspecified atom stereocenters. The van der Waals surface area contributed by atoms with Crippen molar-refractivity contribution >= 4 is 16.7 Å². The first-order valence-corrected chi connectivity index (χ1v) is 7.02. The third-order valence-corrected chi connectivity index (χ3v) is 4.39. The SMILES string of the molecule is c1cc2n[nH]c3c2c(n1)N(C1CCCC1)CCC3. The molecule has 1 aliphatic carbocycles. The summed E-state index contributed by atoms with van der Waals surface area (Å²) in [5.74, 6) is 1.17. The standard InChI is InChI=1S/C14H18N4/c1-2-5-10(4-1)18-9-3-6-11-13-12(17-16-11)7-8-15-14(13)18/h7-8,10H,1-6,9H2,(H,16,17). The molecule has 4 nitrogen and oxygen atoms in total. The van der Waals surface area contributed by atoms with Gasteiger partial charge >= 0.3 is 0 Å². The third kappa shape index (κ3) is 1.44. The van der Waals surface area contributed by atoms with Gasteiger partial charge in [-0.3, -0.25) is 5.10 Å². The highest BCUT2D eigenvalue weighted by Gasteiger charge is 2.27. The lowest BCUT2D eigenvalue weighted by Crippen LogP contribution is -2.34. The molecule has 18 heavy (non-hydrogen) atoms. The predicted octanol–water partition coefficient (Wildman–Crippen LogP) is 2.65. The van der Waals surface area contributed by atoms with Gasteiger partial charge in [0.2, 0.25) is 0 Å². The lowest BCUT2D eigenvalue weighted by atomic mass is 10.2. The van der Waals surface area contributed by atoms with E-state index in [4.69, 9.17) is 0 Å². The number of nitrogens with one attached hydrogen (secondary N) is 1. The van der Waals surface area contributed by atoms with E-state index in [1.807, 2.05) is 12.3 Å². The highest BCUT2D eigenvalue weighted by molar-refractivity contribution is 5.92. The van der Waals surface area contributed by atoms with Gasteiger partial charge in [-0.1, -0.05) is 12.8 Å². The van der Waals surface area contributed by atoms with Crippen molar-refractivity contribution in [3.05, 3.63) is 18.0 Å². The Kier molecular flexibility index (Phi) is 2.28. The summed E-state index contributed by atoms with van der Waals surface area (Å²) in [5.41, 5.74) is 2.34. The fraction of sp³-hybridized carbons (Fsp3) is 0.571. The largest absolute Gasteiger partial charge is 0.353 e. The quantitative estimate of drug-likeness (QED) is 0.836. The molecular formula is C14H18N4. The van der Waals surface area contributed by atoms with Gasteiger partial charge in [0.05, 0.1) is 10.9 Å². The van der Waals surface area contributed by atoms with Crippen molar-refractivity contribution in [3.8, 4) is 0 Å². The number of pyridine rings is 1. The molecule has 0 amide bonds. The molecule has 2 aromatic heterocycles. The Bertz CT molecular complexity index is 568. The van der Waals surface area contributed by atoms with Gasteiger partial charge in [-0.2, -0.15) is 5.10 Å². The molecule has 1 saturated carbocycles. The molecule has 0 bridgehead atoms. The van der Waals surface area contributed by atoms with Crippen molar-refractivity contribution < 1.29 is 0 Å². The molecule has 4 heteroatoms. The van der Waals surface area contributed by atoms with Crippen LogP contribution in [0.1, 0.15) is 37.8 Å². The summed E-state index contributed by atoms with van der Waals surface area (Å²) in [6.07, 6.45) is 9.58. The van der Waals surface area contributed by atoms with E-state index in [2.05, 4.69) is 20.1 Å². The van der Waals surface area contributed by atoms with E-state index in [9.17, 15) is 0 Å². The molecule has 3 heterocycles. The Labute approximate surface area is 106 Å². The molecule has 1 aliphatic heterocycles. The maximum absolute atomic E-state index is 4.66. The van der Waals surface area contributed by atoms with Crippen LogP contribution in [0.4, 0.5) is 5.82 Å². The van der Waals surface area contributed by atoms with Crippen LogP contribution in [-0.4, -0.2) is 27.8 Å². The fourth-order valence-corrected chi connectivity index (χ4v) is 3.51. The van der Waals surface area contributed by atoms with E-state index in [1.54, 1.807) is 0 Å². The lowest BCUT2D eigenvalue weighted by Gasteiger charge is -2.29. The topological polar surface area (TPSA) is 44.8 Å². The summed E-state index contributed by atoms with van der Waals surface area (Å²) >= 11 is 0. The molecule has 2 aliphatic rings. The Balaban J connectivity index is 1.87. The molecular weight excluding hydrogens is 224 g/mol. The van der Waals surface area contributed by atoms with Crippen LogP contribution in [0.15, 0.2) is 12.3 Å². The number of nitrogens with zero attached hydrogens (tertiary/aromatic N) is 3. The van der Waals surface area contributed by atoms with Gasteiger partial charge in [0.15, 0.2) is 0 Å². The normalized spacial score (nSPS) is 20.6. The second-order valence-corrected chi connectivity index (χ2v) is 5.47.